The van der Waals surface area contributed by atoms with Crippen LogP contribution in [0.5, 0.6) is 6.01 Å². The number of nitrogens with one attached hydrogen (secondary N) is 2. The van der Waals surface area contributed by atoms with Gasteiger partial charge in [-0.2, -0.15) is 9.97 Å². The first kappa shape index (κ1) is 20.7. The molecule has 10 heteroatoms. The molecular formula is C19H27N7O3. The number of nitrogens with zero attached hydrogens (tertiary/aromatic N) is 4. The van der Waals surface area contributed by atoms with Gasteiger partial charge in [0.25, 0.3) is 0 Å². The maximum absolute atomic E-state index is 12.4. The number of unbranched alkanes of at least 4 members (excludes halogenated alkanes) is 1. The lowest BCUT2D eigenvalue weighted by Crippen LogP contribution is -2.19. The molecule has 0 aliphatic carbocycles. The Morgan fingerprint density at radius 2 is 2.14 bits per heavy atom. The van der Waals surface area contributed by atoms with Gasteiger partial charge in [0.1, 0.15) is 5.52 Å². The van der Waals surface area contributed by atoms with Crippen molar-refractivity contribution in [3.05, 3.63) is 40.1 Å². The molecule has 3 aromatic rings. The first-order chi connectivity index (χ1) is 14.1. The molecular weight excluding hydrogens is 374 g/mol. The number of nitrogens with two attached hydrogens (primary N) is 1. The molecule has 29 heavy (non-hydrogen) atoms. The van der Waals surface area contributed by atoms with E-state index in [9.17, 15) is 4.79 Å². The predicted octanol–water partition coefficient (Wildman–Crippen LogP) is 1.06. The van der Waals surface area contributed by atoms with Crippen LogP contribution in [0.4, 0.5) is 5.82 Å². The Balaban J connectivity index is 1.76. The van der Waals surface area contributed by atoms with Gasteiger partial charge < -0.3 is 25.5 Å². The van der Waals surface area contributed by atoms with Gasteiger partial charge in [-0.1, -0.05) is 19.4 Å². The number of pyridine rings is 1. The molecule has 0 saturated carbocycles. The number of ether oxygens (including phenoxy) is 2. The van der Waals surface area contributed by atoms with Crippen molar-refractivity contribution in [2.24, 2.45) is 0 Å². The molecule has 0 saturated heterocycles. The lowest BCUT2D eigenvalue weighted by Gasteiger charge is -2.07. The molecule has 0 fully saturated rings. The van der Waals surface area contributed by atoms with Crippen molar-refractivity contribution in [3.8, 4) is 6.01 Å². The highest BCUT2D eigenvalue weighted by Gasteiger charge is 2.15. The van der Waals surface area contributed by atoms with E-state index in [2.05, 4.69) is 32.2 Å². The highest BCUT2D eigenvalue weighted by atomic mass is 16.5. The van der Waals surface area contributed by atoms with E-state index in [1.54, 1.807) is 13.3 Å². The van der Waals surface area contributed by atoms with E-state index in [1.165, 1.54) is 4.57 Å². The van der Waals surface area contributed by atoms with Crippen molar-refractivity contribution in [2.75, 3.05) is 32.6 Å². The summed E-state index contributed by atoms with van der Waals surface area (Å²) in [5.41, 5.74) is 8.25. The molecule has 10 nitrogen and oxygen atoms in total. The van der Waals surface area contributed by atoms with E-state index < -0.39 is 0 Å². The van der Waals surface area contributed by atoms with Crippen LogP contribution >= 0.6 is 0 Å². The average Bonchev–Trinajstić information content (AvgIpc) is 3.03. The monoisotopic (exact) mass is 401 g/mol. The molecule has 0 atom stereocenters. The largest absolute Gasteiger partial charge is 0.463 e. The van der Waals surface area contributed by atoms with Crippen LogP contribution in [0.3, 0.4) is 0 Å². The standard InChI is InChI=1S/C19H27N7O3/c1-3-4-8-29-18-24-16(20)15-17(25-18)26(19(27)23-15)12-14-6-5-13(11-22-14)10-21-7-9-28-2/h5-6,11,21H,3-4,7-10,12H2,1-2H3,(H,23,27)(H2,20,24,25). The third-order valence-corrected chi connectivity index (χ3v) is 4.38. The van der Waals surface area contributed by atoms with Crippen molar-refractivity contribution in [1.29, 1.82) is 0 Å². The fourth-order valence-corrected chi connectivity index (χ4v) is 2.77. The van der Waals surface area contributed by atoms with Gasteiger partial charge in [-0.3, -0.25) is 9.55 Å². The molecule has 0 amide bonds. The normalized spacial score (nSPS) is 11.2. The number of hydrogen-bond acceptors (Lipinski definition) is 8. The maximum Gasteiger partial charge on any atom is 0.328 e. The average molecular weight is 401 g/mol. The summed E-state index contributed by atoms with van der Waals surface area (Å²) >= 11 is 0. The summed E-state index contributed by atoms with van der Waals surface area (Å²) in [7, 11) is 1.67. The van der Waals surface area contributed by atoms with Crippen LogP contribution < -0.4 is 21.5 Å². The van der Waals surface area contributed by atoms with Crippen molar-refractivity contribution < 1.29 is 9.47 Å². The number of anilines is 1. The molecule has 0 radical (unpaired) electrons. The molecule has 0 bridgehead atoms. The molecule has 0 unspecified atom stereocenters. The Labute approximate surface area is 168 Å². The fourth-order valence-electron chi connectivity index (χ4n) is 2.77. The Bertz CT molecular complexity index is 982. The predicted molar refractivity (Wildman–Crippen MR) is 110 cm³/mol. The topological polar surface area (TPSA) is 133 Å². The number of rotatable bonds is 11. The maximum atomic E-state index is 12.4. The molecule has 0 aliphatic rings. The second-order valence-corrected chi connectivity index (χ2v) is 6.64. The molecule has 4 N–H and O–H groups in total. The summed E-state index contributed by atoms with van der Waals surface area (Å²) < 4.78 is 12.0. The SMILES string of the molecule is CCCCOc1nc(N)c2[nH]c(=O)n(Cc3ccc(CNCCOC)cn3)c2n1. The summed E-state index contributed by atoms with van der Waals surface area (Å²) in [6, 6.07) is 4.04. The van der Waals surface area contributed by atoms with Gasteiger partial charge >= 0.3 is 11.7 Å². The highest BCUT2D eigenvalue weighted by molar-refractivity contribution is 5.81. The third kappa shape index (κ3) is 5.30. The van der Waals surface area contributed by atoms with E-state index in [1.807, 2.05) is 12.1 Å². The molecule has 0 spiro atoms. The van der Waals surface area contributed by atoms with Crippen LogP contribution in [-0.2, 0) is 17.8 Å². The van der Waals surface area contributed by atoms with Crippen LogP contribution in [0.25, 0.3) is 11.2 Å². The summed E-state index contributed by atoms with van der Waals surface area (Å²) in [4.78, 5) is 28.1. The van der Waals surface area contributed by atoms with Gasteiger partial charge in [-0.15, -0.1) is 0 Å². The zero-order valence-corrected chi connectivity index (χ0v) is 16.8. The van der Waals surface area contributed by atoms with Crippen LogP contribution in [-0.4, -0.2) is 51.4 Å². The lowest BCUT2D eigenvalue weighted by molar-refractivity contribution is 0.199. The number of methoxy groups -OCH3 is 1. The van der Waals surface area contributed by atoms with Crippen molar-refractivity contribution in [1.82, 2.24) is 29.8 Å². The fraction of sp³-hybridized carbons (Fsp3) is 0.474. The van der Waals surface area contributed by atoms with Crippen molar-refractivity contribution >= 4 is 17.0 Å². The molecule has 3 rings (SSSR count). The Morgan fingerprint density at radius 3 is 2.86 bits per heavy atom. The Morgan fingerprint density at radius 1 is 1.28 bits per heavy atom. The number of aromatic nitrogens is 5. The number of imidazole rings is 1. The summed E-state index contributed by atoms with van der Waals surface area (Å²) in [5.74, 6) is 0.183. The molecule has 3 aromatic heterocycles. The van der Waals surface area contributed by atoms with Gasteiger partial charge in [0, 0.05) is 26.4 Å². The third-order valence-electron chi connectivity index (χ3n) is 4.38. The van der Waals surface area contributed by atoms with E-state index >= 15 is 0 Å². The number of nitrogen functional groups attached to an aromatic ring is 1. The first-order valence-electron chi connectivity index (χ1n) is 9.64. The number of hydrogen-bond donors (Lipinski definition) is 3. The van der Waals surface area contributed by atoms with Gasteiger partial charge in [-0.05, 0) is 18.1 Å². The highest BCUT2D eigenvalue weighted by Crippen LogP contribution is 2.18. The minimum atomic E-state index is -0.321. The minimum Gasteiger partial charge on any atom is -0.463 e. The molecule has 0 aromatic carbocycles. The Kier molecular flexibility index (Phi) is 7.14. The second kappa shape index (κ2) is 9.99. The quantitative estimate of drug-likeness (QED) is 0.406. The van der Waals surface area contributed by atoms with Gasteiger partial charge in [-0.25, -0.2) is 4.79 Å². The van der Waals surface area contributed by atoms with Gasteiger partial charge in [0.05, 0.1) is 25.5 Å². The van der Waals surface area contributed by atoms with Crippen LogP contribution in [0.15, 0.2) is 23.1 Å². The molecule has 3 heterocycles. The summed E-state index contributed by atoms with van der Waals surface area (Å²) in [5, 5.41) is 3.26. The van der Waals surface area contributed by atoms with Gasteiger partial charge in [0.15, 0.2) is 11.5 Å². The number of fused-ring (bicyclic) bond motifs is 1. The van der Waals surface area contributed by atoms with Crippen molar-refractivity contribution in [2.45, 2.75) is 32.9 Å². The molecule has 156 valence electrons. The van der Waals surface area contributed by atoms with E-state index in [-0.39, 0.29) is 24.1 Å². The van der Waals surface area contributed by atoms with Crippen molar-refractivity contribution in [3.63, 3.8) is 0 Å². The van der Waals surface area contributed by atoms with E-state index in [4.69, 9.17) is 15.2 Å². The zero-order valence-electron chi connectivity index (χ0n) is 16.8. The smallest absolute Gasteiger partial charge is 0.328 e. The van der Waals surface area contributed by atoms with Crippen LogP contribution in [0.1, 0.15) is 31.0 Å². The summed E-state index contributed by atoms with van der Waals surface area (Å²) in [6.07, 6.45) is 3.67. The summed E-state index contributed by atoms with van der Waals surface area (Å²) in [6.45, 7) is 4.96. The number of H-pyrrole nitrogens is 1. The van der Waals surface area contributed by atoms with Crippen LogP contribution in [0.2, 0.25) is 0 Å². The Hall–Kier alpha value is -2.98. The van der Waals surface area contributed by atoms with E-state index in [0.29, 0.717) is 30.9 Å². The first-order valence-corrected chi connectivity index (χ1v) is 9.64. The second-order valence-electron chi connectivity index (χ2n) is 6.64. The molecule has 0 aliphatic heterocycles. The number of aromatic amines is 1. The lowest BCUT2D eigenvalue weighted by atomic mass is 10.2. The van der Waals surface area contributed by atoms with Gasteiger partial charge in [0.2, 0.25) is 0 Å². The van der Waals surface area contributed by atoms with Crippen LogP contribution in [0, 0.1) is 0 Å². The zero-order chi connectivity index (χ0) is 20.6. The van der Waals surface area contributed by atoms with E-state index in [0.717, 1.165) is 30.6 Å². The minimum absolute atomic E-state index is 0.168.